The van der Waals surface area contributed by atoms with Gasteiger partial charge in [-0.3, -0.25) is 0 Å². The number of anilines is 4. The number of alkyl halides is 3. The number of halogens is 3. The summed E-state index contributed by atoms with van der Waals surface area (Å²) < 4.78 is 53.0. The summed E-state index contributed by atoms with van der Waals surface area (Å²) in [6.07, 6.45) is 0.837. The van der Waals surface area contributed by atoms with Gasteiger partial charge in [0.15, 0.2) is 0 Å². The molecule has 0 unspecified atom stereocenters. The molecule has 0 atom stereocenters. The maximum Gasteiger partial charge on any atom is 0.421 e. The summed E-state index contributed by atoms with van der Waals surface area (Å²) in [5, 5.41) is 5.76. The van der Waals surface area contributed by atoms with E-state index in [1.165, 1.54) is 12.8 Å². The van der Waals surface area contributed by atoms with Crippen LogP contribution >= 0.6 is 0 Å². The van der Waals surface area contributed by atoms with Gasteiger partial charge in [-0.25, -0.2) is 4.98 Å². The predicted molar refractivity (Wildman–Crippen MR) is 130 cm³/mol. The molecule has 4 rings (SSSR count). The number of hydrogen-bond donors (Lipinski definition) is 2. The van der Waals surface area contributed by atoms with Crippen molar-refractivity contribution in [3.63, 3.8) is 0 Å². The quantitative estimate of drug-likeness (QED) is 0.361. The summed E-state index contributed by atoms with van der Waals surface area (Å²) in [5.74, 6) is 0.827. The molecule has 0 saturated heterocycles. The van der Waals surface area contributed by atoms with Crippen LogP contribution in [0.1, 0.15) is 52.0 Å². The topological polar surface area (TPSA) is 68.3 Å². The molecule has 0 aliphatic heterocycles. The highest BCUT2D eigenvalue weighted by molar-refractivity contribution is 5.67. The summed E-state index contributed by atoms with van der Waals surface area (Å²) in [7, 11) is 0. The molecule has 0 spiro atoms. The third-order valence-electron chi connectivity index (χ3n) is 5.37. The maximum absolute atomic E-state index is 13.7. The fourth-order valence-electron chi connectivity index (χ4n) is 3.81. The van der Waals surface area contributed by atoms with Crippen molar-refractivity contribution in [3.8, 4) is 11.5 Å². The molecule has 1 aliphatic carbocycles. The zero-order valence-electron chi connectivity index (χ0n) is 19.9. The van der Waals surface area contributed by atoms with Crippen LogP contribution < -0.4 is 20.1 Å². The number of nitrogens with one attached hydrogen (secondary N) is 2. The first kappa shape index (κ1) is 24.6. The van der Waals surface area contributed by atoms with Gasteiger partial charge in [0.05, 0.1) is 11.8 Å². The highest BCUT2D eigenvalue weighted by Crippen LogP contribution is 2.37. The second-order valence-corrected chi connectivity index (χ2v) is 9.46. The normalized spacial score (nSPS) is 14.6. The monoisotopic (exact) mass is 486 g/mol. The van der Waals surface area contributed by atoms with E-state index < -0.39 is 17.3 Å². The van der Waals surface area contributed by atoms with E-state index in [-0.39, 0.29) is 17.9 Å². The first-order valence-corrected chi connectivity index (χ1v) is 11.6. The van der Waals surface area contributed by atoms with Crippen LogP contribution in [0.3, 0.4) is 0 Å². The largest absolute Gasteiger partial charge is 0.490 e. The number of hydrogen-bond acceptors (Lipinski definition) is 6. The molecule has 35 heavy (non-hydrogen) atoms. The third-order valence-corrected chi connectivity index (χ3v) is 5.37. The van der Waals surface area contributed by atoms with Gasteiger partial charge in [-0.15, -0.1) is 0 Å². The zero-order chi connectivity index (χ0) is 25.1. The van der Waals surface area contributed by atoms with Crippen molar-refractivity contribution in [1.29, 1.82) is 0 Å². The van der Waals surface area contributed by atoms with Crippen LogP contribution in [0, 0.1) is 0 Å². The van der Waals surface area contributed by atoms with Gasteiger partial charge in [0, 0.05) is 11.9 Å². The van der Waals surface area contributed by atoms with Crippen molar-refractivity contribution in [3.05, 3.63) is 60.3 Å². The van der Waals surface area contributed by atoms with Crippen molar-refractivity contribution in [2.45, 2.75) is 64.3 Å². The lowest BCUT2D eigenvalue weighted by Crippen LogP contribution is -2.23. The minimum atomic E-state index is -4.64. The van der Waals surface area contributed by atoms with Crippen LogP contribution in [-0.4, -0.2) is 21.7 Å². The fourth-order valence-corrected chi connectivity index (χ4v) is 3.81. The molecule has 2 aromatic carbocycles. The molecule has 0 bridgehead atoms. The smallest absolute Gasteiger partial charge is 0.421 e. The van der Waals surface area contributed by atoms with Gasteiger partial charge >= 0.3 is 6.18 Å². The Morgan fingerprint density at radius 3 is 2.26 bits per heavy atom. The van der Waals surface area contributed by atoms with Gasteiger partial charge in [0.25, 0.3) is 0 Å². The molecule has 1 aliphatic rings. The van der Waals surface area contributed by atoms with Crippen LogP contribution in [0.4, 0.5) is 36.3 Å². The molecule has 2 N–H and O–H groups in total. The van der Waals surface area contributed by atoms with E-state index in [1.807, 2.05) is 32.9 Å². The molecule has 186 valence electrons. The number of aromatic nitrogens is 2. The number of ether oxygens (including phenoxy) is 2. The van der Waals surface area contributed by atoms with Crippen LogP contribution in [0.15, 0.2) is 54.7 Å². The van der Waals surface area contributed by atoms with E-state index in [1.54, 1.807) is 36.4 Å². The first-order chi connectivity index (χ1) is 16.6. The average Bonchev–Trinajstić information content (AvgIpc) is 3.28. The lowest BCUT2D eigenvalue weighted by Gasteiger charge is -2.24. The SMILES string of the molecule is CC(C)(C)Oc1ccccc1Nc1nc(Nc2ccc(OC3CCCC3)cc2)ncc1C(F)(F)F. The average molecular weight is 487 g/mol. The van der Waals surface area contributed by atoms with Gasteiger partial charge in [0.2, 0.25) is 5.95 Å². The van der Waals surface area contributed by atoms with Crippen LogP contribution in [0.5, 0.6) is 11.5 Å². The predicted octanol–water partition coefficient (Wildman–Crippen LogP) is 7.48. The molecule has 1 fully saturated rings. The lowest BCUT2D eigenvalue weighted by molar-refractivity contribution is -0.137. The fraction of sp³-hybridized carbons (Fsp3) is 0.385. The highest BCUT2D eigenvalue weighted by Gasteiger charge is 2.35. The summed E-state index contributed by atoms with van der Waals surface area (Å²) >= 11 is 0. The van der Waals surface area contributed by atoms with Crippen molar-refractivity contribution in [1.82, 2.24) is 9.97 Å². The van der Waals surface area contributed by atoms with E-state index in [4.69, 9.17) is 9.47 Å². The minimum absolute atomic E-state index is 0.0270. The maximum atomic E-state index is 13.7. The van der Waals surface area contributed by atoms with Crippen LogP contribution in [0.25, 0.3) is 0 Å². The highest BCUT2D eigenvalue weighted by atomic mass is 19.4. The van der Waals surface area contributed by atoms with E-state index in [0.29, 0.717) is 17.1 Å². The van der Waals surface area contributed by atoms with Crippen LogP contribution in [-0.2, 0) is 6.18 Å². The Hall–Kier alpha value is -3.49. The Labute approximate surface area is 202 Å². The first-order valence-electron chi connectivity index (χ1n) is 11.6. The molecule has 1 aromatic heterocycles. The Bertz CT molecular complexity index is 1140. The molecular formula is C26H29F3N4O2. The number of nitrogens with zero attached hydrogens (tertiary/aromatic N) is 2. The van der Waals surface area contributed by atoms with E-state index in [2.05, 4.69) is 20.6 Å². The Balaban J connectivity index is 1.56. The molecule has 3 aromatic rings. The molecule has 0 amide bonds. The molecular weight excluding hydrogens is 457 g/mol. The van der Waals surface area contributed by atoms with Crippen molar-refractivity contribution in [2.75, 3.05) is 10.6 Å². The zero-order valence-corrected chi connectivity index (χ0v) is 19.9. The lowest BCUT2D eigenvalue weighted by atomic mass is 10.2. The van der Waals surface area contributed by atoms with Crippen molar-refractivity contribution in [2.24, 2.45) is 0 Å². The summed E-state index contributed by atoms with van der Waals surface area (Å²) in [4.78, 5) is 8.02. The van der Waals surface area contributed by atoms with Crippen LogP contribution in [0.2, 0.25) is 0 Å². The Morgan fingerprint density at radius 1 is 0.914 bits per heavy atom. The second-order valence-electron chi connectivity index (χ2n) is 9.46. The molecule has 6 nitrogen and oxygen atoms in total. The van der Waals surface area contributed by atoms with E-state index >= 15 is 0 Å². The van der Waals surface area contributed by atoms with Gasteiger partial charge in [-0.05, 0) is 82.9 Å². The minimum Gasteiger partial charge on any atom is -0.490 e. The van der Waals surface area contributed by atoms with E-state index in [9.17, 15) is 13.2 Å². The summed E-state index contributed by atoms with van der Waals surface area (Å²) in [6, 6.07) is 14.0. The van der Waals surface area contributed by atoms with Gasteiger partial charge in [-0.2, -0.15) is 18.2 Å². The van der Waals surface area contributed by atoms with Gasteiger partial charge in [-0.1, -0.05) is 12.1 Å². The second kappa shape index (κ2) is 10.0. The van der Waals surface area contributed by atoms with E-state index in [0.717, 1.165) is 24.8 Å². The number of rotatable bonds is 7. The standard InChI is InChI=1S/C26H29F3N4O2/c1-25(2,3)35-22-11-7-6-10-21(22)32-23-20(26(27,28)29)16-30-24(33-23)31-17-12-14-19(15-13-17)34-18-8-4-5-9-18/h6-7,10-16,18H,4-5,8-9H2,1-3H3,(H2,30,31,32,33). The molecule has 1 heterocycles. The Kier molecular flexibility index (Phi) is 7.05. The van der Waals surface area contributed by atoms with Crippen molar-refractivity contribution < 1.29 is 22.6 Å². The molecule has 1 saturated carbocycles. The summed E-state index contributed by atoms with van der Waals surface area (Å²) in [5.41, 5.74) is -0.512. The van der Waals surface area contributed by atoms with Gasteiger partial charge < -0.3 is 20.1 Å². The summed E-state index contributed by atoms with van der Waals surface area (Å²) in [6.45, 7) is 5.59. The van der Waals surface area contributed by atoms with Crippen molar-refractivity contribution >= 4 is 23.1 Å². The Morgan fingerprint density at radius 2 is 1.60 bits per heavy atom. The third kappa shape index (κ3) is 6.77. The van der Waals surface area contributed by atoms with Gasteiger partial charge in [0.1, 0.15) is 28.5 Å². The number of para-hydroxylation sites is 2. The molecule has 9 heteroatoms. The molecule has 0 radical (unpaired) electrons. The number of benzene rings is 2.